The second kappa shape index (κ2) is 9.11. The summed E-state index contributed by atoms with van der Waals surface area (Å²) < 4.78 is 33.6. The molecule has 0 aromatic heterocycles. The fraction of sp³-hybridized carbons (Fsp3) is 0.350. The Balaban J connectivity index is 1.95. The number of carboxylic acids is 1. The second-order valence-corrected chi connectivity index (χ2v) is 8.95. The third-order valence-corrected chi connectivity index (χ3v) is 6.74. The Hall–Kier alpha value is -2.49. The molecule has 2 aromatic carbocycles. The van der Waals surface area contributed by atoms with E-state index in [9.17, 15) is 18.3 Å². The van der Waals surface area contributed by atoms with Gasteiger partial charge in [0.05, 0.1) is 34.0 Å². The summed E-state index contributed by atoms with van der Waals surface area (Å²) in [6.45, 7) is 6.15. The van der Waals surface area contributed by atoms with Crippen LogP contribution < -0.4 is 14.4 Å². The molecule has 0 aliphatic carbocycles. The zero-order chi connectivity index (χ0) is 21.9. The minimum absolute atomic E-state index is 0.00333. The van der Waals surface area contributed by atoms with E-state index in [-0.39, 0.29) is 21.2 Å². The number of piperazine rings is 1. The maximum Gasteiger partial charge on any atom is 0.335 e. The molecule has 0 saturated carbocycles. The Bertz CT molecular complexity index is 1040. The summed E-state index contributed by atoms with van der Waals surface area (Å²) in [6.07, 6.45) is 0. The summed E-state index contributed by atoms with van der Waals surface area (Å²) in [6, 6.07) is 8.61. The van der Waals surface area contributed by atoms with Crippen LogP contribution in [-0.4, -0.2) is 64.2 Å². The Morgan fingerprint density at radius 2 is 1.87 bits per heavy atom. The lowest BCUT2D eigenvalue weighted by molar-refractivity contribution is 0.0697. The summed E-state index contributed by atoms with van der Waals surface area (Å²) in [5.41, 5.74) is 0.849. The predicted octanol–water partition coefficient (Wildman–Crippen LogP) is 2.99. The van der Waals surface area contributed by atoms with Crippen LogP contribution in [0.4, 0.5) is 11.4 Å². The van der Waals surface area contributed by atoms with E-state index >= 15 is 0 Å². The summed E-state index contributed by atoms with van der Waals surface area (Å²) in [4.78, 5) is 15.7. The smallest absolute Gasteiger partial charge is 0.335 e. The number of ether oxygens (including phenoxy) is 1. The molecule has 3 rings (SSSR count). The van der Waals surface area contributed by atoms with Crippen LogP contribution >= 0.6 is 11.6 Å². The number of carboxylic acid groups (broad SMARTS) is 1. The number of carbonyl (C=O) groups is 1. The molecule has 30 heavy (non-hydrogen) atoms. The molecule has 8 nitrogen and oxygen atoms in total. The van der Waals surface area contributed by atoms with Gasteiger partial charge in [-0.05, 0) is 42.9 Å². The highest BCUT2D eigenvalue weighted by Gasteiger charge is 2.23. The molecule has 1 heterocycles. The lowest BCUT2D eigenvalue weighted by Gasteiger charge is -2.36. The molecule has 1 saturated heterocycles. The number of benzene rings is 2. The van der Waals surface area contributed by atoms with Crippen LogP contribution in [0.15, 0.2) is 41.3 Å². The van der Waals surface area contributed by atoms with Crippen molar-refractivity contribution >= 4 is 39.0 Å². The van der Waals surface area contributed by atoms with E-state index in [4.69, 9.17) is 16.3 Å². The van der Waals surface area contributed by atoms with Gasteiger partial charge >= 0.3 is 5.97 Å². The first-order chi connectivity index (χ1) is 14.2. The maximum atomic E-state index is 13.0. The minimum Gasteiger partial charge on any atom is -0.495 e. The van der Waals surface area contributed by atoms with Gasteiger partial charge in [-0.3, -0.25) is 4.72 Å². The van der Waals surface area contributed by atoms with Gasteiger partial charge in [0.15, 0.2) is 0 Å². The predicted molar refractivity (Wildman–Crippen MR) is 117 cm³/mol. The molecule has 0 unspecified atom stereocenters. The molecule has 2 N–H and O–H groups in total. The van der Waals surface area contributed by atoms with Gasteiger partial charge in [0.1, 0.15) is 5.75 Å². The Kier molecular flexibility index (Phi) is 6.74. The Morgan fingerprint density at radius 1 is 1.17 bits per heavy atom. The standard InChI is InChI=1S/C20H24ClN3O5S/c1-3-23-8-10-24(11-9-23)18-6-4-14(20(25)26)12-17(18)22-30(27,28)15-5-7-19(29-2)16(21)13-15/h4-7,12-13,22H,3,8-11H2,1-2H3,(H,25,26). The Morgan fingerprint density at radius 3 is 2.43 bits per heavy atom. The average molecular weight is 454 g/mol. The van der Waals surface area contributed by atoms with Gasteiger partial charge in [-0.15, -0.1) is 0 Å². The van der Waals surface area contributed by atoms with Crippen LogP contribution in [-0.2, 0) is 10.0 Å². The molecule has 0 bridgehead atoms. The van der Waals surface area contributed by atoms with E-state index in [2.05, 4.69) is 21.4 Å². The molecule has 0 spiro atoms. The quantitative estimate of drug-likeness (QED) is 0.664. The van der Waals surface area contributed by atoms with Crippen LogP contribution in [0.3, 0.4) is 0 Å². The number of hydrogen-bond donors (Lipinski definition) is 2. The molecule has 1 aliphatic heterocycles. The van der Waals surface area contributed by atoms with E-state index in [1.165, 1.54) is 37.4 Å². The average Bonchev–Trinajstić information content (AvgIpc) is 2.73. The number of hydrogen-bond acceptors (Lipinski definition) is 6. The molecule has 0 atom stereocenters. The molecular formula is C20H24ClN3O5S. The van der Waals surface area contributed by atoms with Gasteiger partial charge in [0, 0.05) is 26.2 Å². The van der Waals surface area contributed by atoms with Gasteiger partial charge in [0.2, 0.25) is 0 Å². The summed E-state index contributed by atoms with van der Waals surface area (Å²) >= 11 is 6.08. The van der Waals surface area contributed by atoms with Crippen molar-refractivity contribution in [2.75, 3.05) is 49.5 Å². The van der Waals surface area contributed by atoms with Crippen molar-refractivity contribution in [3.05, 3.63) is 47.0 Å². The van der Waals surface area contributed by atoms with Crippen molar-refractivity contribution in [1.29, 1.82) is 0 Å². The molecule has 10 heteroatoms. The number of anilines is 2. The van der Waals surface area contributed by atoms with Crippen LogP contribution in [0.2, 0.25) is 5.02 Å². The van der Waals surface area contributed by atoms with Gasteiger partial charge in [-0.25, -0.2) is 13.2 Å². The van der Waals surface area contributed by atoms with Crippen LogP contribution in [0, 0.1) is 0 Å². The van der Waals surface area contributed by atoms with Gasteiger partial charge in [-0.2, -0.15) is 0 Å². The number of methoxy groups -OCH3 is 1. The number of likely N-dealkylation sites (N-methyl/N-ethyl adjacent to an activating group) is 1. The first-order valence-electron chi connectivity index (χ1n) is 9.46. The molecule has 0 amide bonds. The summed E-state index contributed by atoms with van der Waals surface area (Å²) in [5.74, 6) is -0.775. The van der Waals surface area contributed by atoms with Crippen LogP contribution in [0.5, 0.6) is 5.75 Å². The highest BCUT2D eigenvalue weighted by Crippen LogP contribution is 2.32. The molecule has 1 fully saturated rings. The monoisotopic (exact) mass is 453 g/mol. The number of sulfonamides is 1. The Labute approximate surface area is 181 Å². The SMILES string of the molecule is CCN1CCN(c2ccc(C(=O)O)cc2NS(=O)(=O)c2ccc(OC)c(Cl)c2)CC1. The number of nitrogens with zero attached hydrogens (tertiary/aromatic N) is 2. The van der Waals surface area contributed by atoms with E-state index in [1.807, 2.05) is 0 Å². The van der Waals surface area contributed by atoms with Crippen LogP contribution in [0.1, 0.15) is 17.3 Å². The molecule has 2 aromatic rings. The van der Waals surface area contributed by atoms with Crippen molar-refractivity contribution in [2.24, 2.45) is 0 Å². The summed E-state index contributed by atoms with van der Waals surface area (Å²) in [7, 11) is -2.56. The topological polar surface area (TPSA) is 99.2 Å². The van der Waals surface area contributed by atoms with Gasteiger partial charge in [0.25, 0.3) is 10.0 Å². The first-order valence-corrected chi connectivity index (χ1v) is 11.3. The van der Waals surface area contributed by atoms with E-state index in [0.717, 1.165) is 19.6 Å². The largest absolute Gasteiger partial charge is 0.495 e. The molecule has 1 aliphatic rings. The lowest BCUT2D eigenvalue weighted by atomic mass is 10.1. The van der Waals surface area contributed by atoms with E-state index in [0.29, 0.717) is 24.5 Å². The van der Waals surface area contributed by atoms with E-state index in [1.54, 1.807) is 6.07 Å². The first kappa shape index (κ1) is 22.2. The number of nitrogens with one attached hydrogen (secondary N) is 1. The third kappa shape index (κ3) is 4.80. The zero-order valence-electron chi connectivity index (χ0n) is 16.8. The second-order valence-electron chi connectivity index (χ2n) is 6.86. The van der Waals surface area contributed by atoms with Crippen molar-refractivity contribution in [3.63, 3.8) is 0 Å². The maximum absolute atomic E-state index is 13.0. The lowest BCUT2D eigenvalue weighted by Crippen LogP contribution is -2.46. The van der Waals surface area contributed by atoms with E-state index < -0.39 is 16.0 Å². The summed E-state index contributed by atoms with van der Waals surface area (Å²) in [5, 5.41) is 9.52. The molecule has 0 radical (unpaired) electrons. The van der Waals surface area contributed by atoms with Gasteiger partial charge in [-0.1, -0.05) is 18.5 Å². The fourth-order valence-corrected chi connectivity index (χ4v) is 4.76. The number of rotatable bonds is 7. The highest BCUT2D eigenvalue weighted by molar-refractivity contribution is 7.92. The minimum atomic E-state index is -4.00. The van der Waals surface area contributed by atoms with Crippen molar-refractivity contribution in [3.8, 4) is 5.75 Å². The normalized spacial score (nSPS) is 15.1. The molecule has 162 valence electrons. The fourth-order valence-electron chi connectivity index (χ4n) is 3.35. The number of aromatic carboxylic acids is 1. The van der Waals surface area contributed by atoms with Gasteiger partial charge < -0.3 is 19.6 Å². The zero-order valence-corrected chi connectivity index (χ0v) is 18.3. The molecular weight excluding hydrogens is 430 g/mol. The van der Waals surface area contributed by atoms with Crippen molar-refractivity contribution < 1.29 is 23.1 Å². The third-order valence-electron chi connectivity index (χ3n) is 5.08. The van der Waals surface area contributed by atoms with Crippen molar-refractivity contribution in [2.45, 2.75) is 11.8 Å². The van der Waals surface area contributed by atoms with Crippen molar-refractivity contribution in [1.82, 2.24) is 4.90 Å². The van der Waals surface area contributed by atoms with Crippen LogP contribution in [0.25, 0.3) is 0 Å². The highest BCUT2D eigenvalue weighted by atomic mass is 35.5. The number of halogens is 1.